The van der Waals surface area contributed by atoms with Gasteiger partial charge in [0.05, 0.1) is 18.6 Å². The third-order valence-electron chi connectivity index (χ3n) is 4.15. The summed E-state index contributed by atoms with van der Waals surface area (Å²) in [5, 5.41) is 2.88. The molecule has 0 aliphatic heterocycles. The van der Waals surface area contributed by atoms with Crippen molar-refractivity contribution in [3.05, 3.63) is 59.7 Å². The molecule has 0 unspecified atom stereocenters. The molecule has 0 fully saturated rings. The zero-order chi connectivity index (χ0) is 19.9. The van der Waals surface area contributed by atoms with Crippen LogP contribution in [-0.4, -0.2) is 40.8 Å². The molecular formula is C20H26N2O4S. The number of nitrogens with zero attached hydrogens (tertiary/aromatic N) is 1. The fraction of sp³-hybridized carbons (Fsp3) is 0.350. The maximum Gasteiger partial charge on any atom is 0.251 e. The largest absolute Gasteiger partial charge is 0.494 e. The van der Waals surface area contributed by atoms with Crippen molar-refractivity contribution in [1.29, 1.82) is 0 Å². The van der Waals surface area contributed by atoms with E-state index in [2.05, 4.69) is 5.32 Å². The average molecular weight is 391 g/mol. The van der Waals surface area contributed by atoms with Gasteiger partial charge in [0.1, 0.15) is 5.75 Å². The van der Waals surface area contributed by atoms with Crippen LogP contribution in [0.5, 0.6) is 5.75 Å². The first-order valence-electron chi connectivity index (χ1n) is 8.85. The number of sulfonamides is 1. The Kier molecular flexibility index (Phi) is 7.24. The van der Waals surface area contributed by atoms with E-state index in [1.165, 1.54) is 16.9 Å². The molecule has 0 aliphatic rings. The number of anilines is 1. The summed E-state index contributed by atoms with van der Waals surface area (Å²) in [6, 6.07) is 14.5. The molecule has 2 rings (SSSR count). The van der Waals surface area contributed by atoms with E-state index >= 15 is 0 Å². The van der Waals surface area contributed by atoms with Crippen molar-refractivity contribution >= 4 is 21.6 Å². The highest BCUT2D eigenvalue weighted by atomic mass is 32.2. The van der Waals surface area contributed by atoms with Crippen LogP contribution in [0.1, 0.15) is 29.3 Å². The minimum absolute atomic E-state index is 0.171. The summed E-state index contributed by atoms with van der Waals surface area (Å²) in [6.45, 7) is 3.17. The summed E-state index contributed by atoms with van der Waals surface area (Å²) in [5.74, 6) is 0.690. The average Bonchev–Trinajstić information content (AvgIpc) is 2.65. The maximum atomic E-state index is 12.2. The predicted molar refractivity (Wildman–Crippen MR) is 108 cm³/mol. The standard InChI is InChI=1S/C20H26N2O4S/c1-4-26-19-13-7-16(8-14-19)6-5-15-21-20(23)17-9-11-18(12-10-17)22(2)27(3,24)25/h7-14H,4-6,15H2,1-3H3,(H,21,23). The third kappa shape index (κ3) is 6.29. The van der Waals surface area contributed by atoms with Gasteiger partial charge in [-0.15, -0.1) is 0 Å². The van der Waals surface area contributed by atoms with Crippen LogP contribution < -0.4 is 14.4 Å². The summed E-state index contributed by atoms with van der Waals surface area (Å²) in [4.78, 5) is 12.2. The third-order valence-corrected chi connectivity index (χ3v) is 5.36. The normalized spacial score (nSPS) is 11.1. The van der Waals surface area contributed by atoms with Crippen molar-refractivity contribution < 1.29 is 17.9 Å². The molecule has 1 N–H and O–H groups in total. The number of amides is 1. The maximum absolute atomic E-state index is 12.2. The fourth-order valence-corrected chi connectivity index (χ4v) is 3.03. The van der Waals surface area contributed by atoms with Gasteiger partial charge in [-0.1, -0.05) is 12.1 Å². The van der Waals surface area contributed by atoms with Gasteiger partial charge in [0, 0.05) is 19.2 Å². The number of carbonyl (C=O) groups excluding carboxylic acids is 1. The van der Waals surface area contributed by atoms with Crippen LogP contribution in [0.3, 0.4) is 0 Å². The molecule has 0 spiro atoms. The summed E-state index contributed by atoms with van der Waals surface area (Å²) < 4.78 is 29.7. The van der Waals surface area contributed by atoms with Crippen molar-refractivity contribution in [3.63, 3.8) is 0 Å². The number of nitrogens with one attached hydrogen (secondary N) is 1. The van der Waals surface area contributed by atoms with Crippen LogP contribution in [-0.2, 0) is 16.4 Å². The molecule has 6 nitrogen and oxygen atoms in total. The van der Waals surface area contributed by atoms with E-state index in [0.717, 1.165) is 24.8 Å². The van der Waals surface area contributed by atoms with Crippen molar-refractivity contribution in [3.8, 4) is 5.75 Å². The van der Waals surface area contributed by atoms with Gasteiger partial charge in [0.2, 0.25) is 10.0 Å². The van der Waals surface area contributed by atoms with Crippen molar-refractivity contribution in [2.24, 2.45) is 0 Å². The Morgan fingerprint density at radius 2 is 1.70 bits per heavy atom. The lowest BCUT2D eigenvalue weighted by molar-refractivity contribution is 0.0953. The van der Waals surface area contributed by atoms with Gasteiger partial charge in [0.15, 0.2) is 0 Å². The first-order valence-corrected chi connectivity index (χ1v) is 10.7. The number of rotatable bonds is 9. The van der Waals surface area contributed by atoms with E-state index in [1.807, 2.05) is 31.2 Å². The predicted octanol–water partition coefficient (Wildman–Crippen LogP) is 2.84. The SMILES string of the molecule is CCOc1ccc(CCCNC(=O)c2ccc(N(C)S(C)(=O)=O)cc2)cc1. The van der Waals surface area contributed by atoms with Gasteiger partial charge in [-0.2, -0.15) is 0 Å². The molecule has 2 aromatic carbocycles. The Bertz CT molecular complexity index is 847. The highest BCUT2D eigenvalue weighted by molar-refractivity contribution is 7.92. The van der Waals surface area contributed by atoms with Crippen LogP contribution in [0.15, 0.2) is 48.5 Å². The Morgan fingerprint density at radius 3 is 2.26 bits per heavy atom. The van der Waals surface area contributed by atoms with Gasteiger partial charge in [-0.3, -0.25) is 9.10 Å². The van der Waals surface area contributed by atoms with E-state index < -0.39 is 10.0 Å². The summed E-state index contributed by atoms with van der Waals surface area (Å²) in [6.07, 6.45) is 2.83. The van der Waals surface area contributed by atoms with Crippen LogP contribution in [0.25, 0.3) is 0 Å². The second-order valence-electron chi connectivity index (χ2n) is 6.21. The van der Waals surface area contributed by atoms with Gasteiger partial charge in [-0.25, -0.2) is 8.42 Å². The number of hydrogen-bond acceptors (Lipinski definition) is 4. The Balaban J connectivity index is 1.80. The highest BCUT2D eigenvalue weighted by Gasteiger charge is 2.12. The molecular weight excluding hydrogens is 364 g/mol. The fourth-order valence-electron chi connectivity index (χ4n) is 2.53. The van der Waals surface area contributed by atoms with Gasteiger partial charge in [0.25, 0.3) is 5.91 Å². The molecule has 146 valence electrons. The van der Waals surface area contributed by atoms with Gasteiger partial charge in [-0.05, 0) is 61.7 Å². The molecule has 27 heavy (non-hydrogen) atoms. The molecule has 0 aliphatic carbocycles. The Labute approximate surface area is 161 Å². The van der Waals surface area contributed by atoms with Crippen LogP contribution in [0, 0.1) is 0 Å². The summed E-state index contributed by atoms with van der Waals surface area (Å²) >= 11 is 0. The lowest BCUT2D eigenvalue weighted by Crippen LogP contribution is -2.26. The zero-order valence-electron chi connectivity index (χ0n) is 15.9. The molecule has 7 heteroatoms. The molecule has 2 aromatic rings. The Hall–Kier alpha value is -2.54. The monoisotopic (exact) mass is 390 g/mol. The molecule has 0 bridgehead atoms. The minimum Gasteiger partial charge on any atom is -0.494 e. The zero-order valence-corrected chi connectivity index (χ0v) is 16.8. The van der Waals surface area contributed by atoms with Crippen molar-refractivity contribution in [2.45, 2.75) is 19.8 Å². The van der Waals surface area contributed by atoms with Crippen molar-refractivity contribution in [2.75, 3.05) is 30.8 Å². The van der Waals surface area contributed by atoms with E-state index in [1.54, 1.807) is 24.3 Å². The van der Waals surface area contributed by atoms with E-state index in [4.69, 9.17) is 4.74 Å². The smallest absolute Gasteiger partial charge is 0.251 e. The van der Waals surface area contributed by atoms with E-state index in [9.17, 15) is 13.2 Å². The first kappa shape index (κ1) is 20.8. The van der Waals surface area contributed by atoms with Crippen LogP contribution in [0.4, 0.5) is 5.69 Å². The van der Waals surface area contributed by atoms with Gasteiger partial charge >= 0.3 is 0 Å². The number of ether oxygens (including phenoxy) is 1. The van der Waals surface area contributed by atoms with Gasteiger partial charge < -0.3 is 10.1 Å². The van der Waals surface area contributed by atoms with Crippen LogP contribution >= 0.6 is 0 Å². The van der Waals surface area contributed by atoms with E-state index in [0.29, 0.717) is 24.4 Å². The number of carbonyl (C=O) groups is 1. The highest BCUT2D eigenvalue weighted by Crippen LogP contribution is 2.16. The number of hydrogen-bond donors (Lipinski definition) is 1. The minimum atomic E-state index is -3.31. The molecule has 0 heterocycles. The molecule has 0 saturated carbocycles. The molecule has 0 atom stereocenters. The van der Waals surface area contributed by atoms with Crippen LogP contribution in [0.2, 0.25) is 0 Å². The first-order chi connectivity index (χ1) is 12.8. The molecule has 0 radical (unpaired) electrons. The molecule has 0 saturated heterocycles. The topological polar surface area (TPSA) is 75.7 Å². The van der Waals surface area contributed by atoms with Crippen molar-refractivity contribution in [1.82, 2.24) is 5.32 Å². The molecule has 0 aromatic heterocycles. The summed E-state index contributed by atoms with van der Waals surface area (Å²) in [5.41, 5.74) is 2.21. The molecule has 1 amide bonds. The lowest BCUT2D eigenvalue weighted by Gasteiger charge is -2.16. The second-order valence-corrected chi connectivity index (χ2v) is 8.23. The number of aryl methyl sites for hydroxylation is 1. The quantitative estimate of drug-likeness (QED) is 0.668. The summed E-state index contributed by atoms with van der Waals surface area (Å²) in [7, 11) is -1.84. The lowest BCUT2D eigenvalue weighted by atomic mass is 10.1. The number of benzene rings is 2. The Morgan fingerprint density at radius 1 is 1.07 bits per heavy atom. The van der Waals surface area contributed by atoms with E-state index in [-0.39, 0.29) is 5.91 Å². The second kappa shape index (κ2) is 9.41.